The molecular formula is C72H133NO10. The second-order valence-corrected chi connectivity index (χ2v) is 24.6. The van der Waals surface area contributed by atoms with E-state index in [1.165, 1.54) is 244 Å². The third-order valence-electron chi connectivity index (χ3n) is 16.7. The summed E-state index contributed by atoms with van der Waals surface area (Å²) in [6.45, 7) is 4.33. The van der Waals surface area contributed by atoms with Gasteiger partial charge in [0.15, 0.2) is 6.29 Å². The molecule has 0 aromatic heterocycles. The number of carbonyl (C=O) groups excluding carboxylic acids is 2. The first-order chi connectivity index (χ1) is 40.7. The highest BCUT2D eigenvalue weighted by Gasteiger charge is 2.44. The molecule has 7 unspecified atom stereocenters. The summed E-state index contributed by atoms with van der Waals surface area (Å²) in [7, 11) is 0. The lowest BCUT2D eigenvalue weighted by Gasteiger charge is -2.40. The van der Waals surface area contributed by atoms with Crippen LogP contribution in [0.15, 0.2) is 48.6 Å². The fourth-order valence-electron chi connectivity index (χ4n) is 11.0. The first kappa shape index (κ1) is 78.6. The average Bonchev–Trinajstić information content (AvgIpc) is 3.57. The summed E-state index contributed by atoms with van der Waals surface area (Å²) in [6.07, 6.45) is 69.7. The molecule has 486 valence electrons. The molecule has 11 nitrogen and oxygen atoms in total. The summed E-state index contributed by atoms with van der Waals surface area (Å²) in [5, 5.41) is 54.3. The molecule has 0 aromatic carbocycles. The van der Waals surface area contributed by atoms with Gasteiger partial charge in [0, 0.05) is 12.8 Å². The number of esters is 1. The average molecular weight is 1170 g/mol. The van der Waals surface area contributed by atoms with Gasteiger partial charge in [-0.25, -0.2) is 0 Å². The van der Waals surface area contributed by atoms with Crippen molar-refractivity contribution < 1.29 is 49.3 Å². The molecule has 1 heterocycles. The van der Waals surface area contributed by atoms with Gasteiger partial charge in [0.1, 0.15) is 24.4 Å². The van der Waals surface area contributed by atoms with Gasteiger partial charge < -0.3 is 45.1 Å². The quantitative estimate of drug-likeness (QED) is 0.0195. The molecule has 11 heteroatoms. The van der Waals surface area contributed by atoms with Crippen LogP contribution in [0.1, 0.15) is 335 Å². The van der Waals surface area contributed by atoms with E-state index in [2.05, 4.69) is 55.6 Å². The lowest BCUT2D eigenvalue weighted by Crippen LogP contribution is -2.60. The van der Waals surface area contributed by atoms with Crippen molar-refractivity contribution in [1.82, 2.24) is 5.32 Å². The van der Waals surface area contributed by atoms with Crippen LogP contribution in [-0.4, -0.2) is 100 Å². The van der Waals surface area contributed by atoms with Crippen molar-refractivity contribution in [3.8, 4) is 0 Å². The third-order valence-corrected chi connectivity index (χ3v) is 16.7. The van der Waals surface area contributed by atoms with Crippen molar-refractivity contribution in [1.29, 1.82) is 0 Å². The van der Waals surface area contributed by atoms with Crippen LogP contribution < -0.4 is 5.32 Å². The van der Waals surface area contributed by atoms with E-state index in [-0.39, 0.29) is 18.5 Å². The Kier molecular flexibility index (Phi) is 58.0. The lowest BCUT2D eigenvalue weighted by atomic mass is 9.99. The smallest absolute Gasteiger partial charge is 0.305 e. The topological polar surface area (TPSA) is 175 Å². The number of allylic oxidation sites excluding steroid dienone is 7. The molecule has 1 aliphatic heterocycles. The highest BCUT2D eigenvalue weighted by Crippen LogP contribution is 2.23. The van der Waals surface area contributed by atoms with Crippen molar-refractivity contribution >= 4 is 11.9 Å². The van der Waals surface area contributed by atoms with Crippen molar-refractivity contribution in [2.24, 2.45) is 0 Å². The highest BCUT2D eigenvalue weighted by atomic mass is 16.7. The van der Waals surface area contributed by atoms with Gasteiger partial charge >= 0.3 is 5.97 Å². The Bertz CT molecular complexity index is 1520. The number of carbonyl (C=O) groups is 2. The zero-order valence-corrected chi connectivity index (χ0v) is 53.9. The van der Waals surface area contributed by atoms with Crippen molar-refractivity contribution in [3.05, 3.63) is 48.6 Å². The summed E-state index contributed by atoms with van der Waals surface area (Å²) in [4.78, 5) is 25.1. The number of aliphatic hydroxyl groups is 5. The molecule has 7 atom stereocenters. The number of rotatable bonds is 62. The van der Waals surface area contributed by atoms with Gasteiger partial charge in [-0.3, -0.25) is 9.59 Å². The van der Waals surface area contributed by atoms with Crippen LogP contribution in [0, 0.1) is 0 Å². The minimum absolute atomic E-state index is 0.0000190. The Labute approximate surface area is 510 Å². The van der Waals surface area contributed by atoms with Gasteiger partial charge in [-0.15, -0.1) is 0 Å². The third kappa shape index (κ3) is 50.3. The standard InChI is InChI=1S/C72H133NO10/c1-3-5-7-9-11-13-14-15-16-30-34-37-40-44-48-52-56-60-68(77)81-61-57-53-49-45-41-38-35-32-29-27-25-23-21-19-17-18-20-22-24-26-28-31-33-36-39-43-47-51-55-59-67(76)73-64(65(75)58-54-50-46-42-12-10-8-6-4-2)63-82-72-71(80)70(79)69(78)66(62-74)83-72/h15-17,19,23,25,54,58,64-66,69-72,74-75,78-80H,3-14,18,20-22,24,26-53,55-57,59-63H2,1-2H3,(H,73,76)/b16-15-,19-17-,25-23-,58-54+. The normalized spacial score (nSPS) is 18.4. The van der Waals surface area contributed by atoms with Crippen molar-refractivity contribution in [2.75, 3.05) is 19.8 Å². The van der Waals surface area contributed by atoms with Crippen LogP contribution in [0.3, 0.4) is 0 Å². The van der Waals surface area contributed by atoms with E-state index in [1.807, 2.05) is 6.08 Å². The second kappa shape index (κ2) is 61.3. The molecule has 1 rings (SSSR count). The van der Waals surface area contributed by atoms with Gasteiger partial charge in [0.2, 0.25) is 5.91 Å². The molecule has 0 radical (unpaired) electrons. The van der Waals surface area contributed by atoms with E-state index in [4.69, 9.17) is 14.2 Å². The Morgan fingerprint density at radius 1 is 0.446 bits per heavy atom. The molecular weight excluding hydrogens is 1040 g/mol. The number of hydrogen-bond acceptors (Lipinski definition) is 10. The molecule has 0 aliphatic carbocycles. The predicted molar refractivity (Wildman–Crippen MR) is 347 cm³/mol. The molecule has 1 amide bonds. The van der Waals surface area contributed by atoms with E-state index in [9.17, 15) is 35.1 Å². The van der Waals surface area contributed by atoms with Gasteiger partial charge in [-0.2, -0.15) is 0 Å². The van der Waals surface area contributed by atoms with E-state index in [1.54, 1.807) is 6.08 Å². The maximum absolute atomic E-state index is 13.0. The molecule has 0 saturated carbocycles. The van der Waals surface area contributed by atoms with Crippen LogP contribution in [0.2, 0.25) is 0 Å². The molecule has 0 bridgehead atoms. The number of hydrogen-bond donors (Lipinski definition) is 6. The van der Waals surface area contributed by atoms with Crippen LogP contribution in [0.25, 0.3) is 0 Å². The van der Waals surface area contributed by atoms with Gasteiger partial charge in [0.05, 0.1) is 32.0 Å². The Hall–Kier alpha value is -2.38. The highest BCUT2D eigenvalue weighted by molar-refractivity contribution is 5.76. The van der Waals surface area contributed by atoms with Crippen LogP contribution in [-0.2, 0) is 23.8 Å². The Morgan fingerprint density at radius 3 is 1.23 bits per heavy atom. The fourth-order valence-corrected chi connectivity index (χ4v) is 11.0. The van der Waals surface area contributed by atoms with E-state index >= 15 is 0 Å². The van der Waals surface area contributed by atoms with E-state index < -0.39 is 49.5 Å². The van der Waals surface area contributed by atoms with Crippen LogP contribution >= 0.6 is 0 Å². The van der Waals surface area contributed by atoms with Gasteiger partial charge in [-0.1, -0.05) is 281 Å². The maximum Gasteiger partial charge on any atom is 0.305 e. The molecule has 1 fully saturated rings. The summed E-state index contributed by atoms with van der Waals surface area (Å²) < 4.78 is 16.7. The monoisotopic (exact) mass is 1170 g/mol. The molecule has 0 aromatic rings. The number of amides is 1. The zero-order valence-electron chi connectivity index (χ0n) is 53.9. The van der Waals surface area contributed by atoms with Crippen molar-refractivity contribution in [3.63, 3.8) is 0 Å². The summed E-state index contributed by atoms with van der Waals surface area (Å²) in [5.41, 5.74) is 0. The first-order valence-electron chi connectivity index (χ1n) is 35.4. The van der Waals surface area contributed by atoms with Gasteiger partial charge in [-0.05, 0) is 89.9 Å². The fraction of sp³-hybridized carbons (Fsp3) is 0.861. The van der Waals surface area contributed by atoms with Gasteiger partial charge in [0.25, 0.3) is 0 Å². The van der Waals surface area contributed by atoms with E-state index in [0.29, 0.717) is 19.4 Å². The molecule has 83 heavy (non-hydrogen) atoms. The zero-order chi connectivity index (χ0) is 60.2. The number of ether oxygens (including phenoxy) is 3. The molecule has 6 N–H and O–H groups in total. The molecule has 1 aliphatic rings. The largest absolute Gasteiger partial charge is 0.466 e. The van der Waals surface area contributed by atoms with Crippen LogP contribution in [0.5, 0.6) is 0 Å². The summed E-state index contributed by atoms with van der Waals surface area (Å²) >= 11 is 0. The molecule has 1 saturated heterocycles. The number of unbranched alkanes of at least 4 members (excludes halogenated alkanes) is 42. The second-order valence-electron chi connectivity index (χ2n) is 24.6. The number of nitrogens with one attached hydrogen (secondary N) is 1. The minimum Gasteiger partial charge on any atom is -0.466 e. The predicted octanol–water partition coefficient (Wildman–Crippen LogP) is 18.0. The Morgan fingerprint density at radius 2 is 0.807 bits per heavy atom. The summed E-state index contributed by atoms with van der Waals surface area (Å²) in [5.74, 6) is -0.184. The Balaban J connectivity index is 1.93. The first-order valence-corrected chi connectivity index (χ1v) is 35.4. The lowest BCUT2D eigenvalue weighted by molar-refractivity contribution is -0.302. The minimum atomic E-state index is -1.57. The van der Waals surface area contributed by atoms with E-state index in [0.717, 1.165) is 64.2 Å². The van der Waals surface area contributed by atoms with Crippen LogP contribution in [0.4, 0.5) is 0 Å². The maximum atomic E-state index is 13.0. The molecule has 0 spiro atoms. The number of aliphatic hydroxyl groups excluding tert-OH is 5. The van der Waals surface area contributed by atoms with Crippen molar-refractivity contribution in [2.45, 2.75) is 378 Å². The SMILES string of the molecule is CCCCCCCC/C=C\CCCCCCCCCC(=O)OCCCCCCCCCCC/C=C\C/C=C\CCCCCCCCCCCCCCCC(=O)NC(COC1OC(CO)C(O)C(O)C1O)C(O)/C=C/CCCCCCCCC. The summed E-state index contributed by atoms with van der Waals surface area (Å²) in [6, 6.07) is -0.810.